The van der Waals surface area contributed by atoms with Gasteiger partial charge in [0.2, 0.25) is 11.8 Å². The number of esters is 1. The van der Waals surface area contributed by atoms with Crippen molar-refractivity contribution in [2.45, 2.75) is 37.0 Å². The smallest absolute Gasteiger partial charge is 0.345 e. The van der Waals surface area contributed by atoms with Gasteiger partial charge in [0, 0.05) is 30.5 Å². The molecule has 2 aromatic rings. The molecule has 2 aliphatic heterocycles. The predicted molar refractivity (Wildman–Crippen MR) is 168 cm³/mol. The Hall–Kier alpha value is -3.57. The zero-order chi connectivity index (χ0) is 32.6. The normalized spacial score (nSPS) is 18.8. The molecule has 246 valence electrons. The Kier molecular flexibility index (Phi) is 11.9. The third-order valence-corrected chi connectivity index (χ3v) is 9.75. The summed E-state index contributed by atoms with van der Waals surface area (Å²) in [7, 11) is -2.13. The van der Waals surface area contributed by atoms with Crippen molar-refractivity contribution in [1.29, 1.82) is 0 Å². The van der Waals surface area contributed by atoms with Crippen molar-refractivity contribution < 1.29 is 47.6 Å². The van der Waals surface area contributed by atoms with Gasteiger partial charge in [0.05, 0.1) is 33.4 Å². The van der Waals surface area contributed by atoms with Crippen LogP contribution in [0.1, 0.15) is 46.0 Å². The Bertz CT molecular complexity index is 1410. The van der Waals surface area contributed by atoms with Crippen molar-refractivity contribution in [2.24, 2.45) is 0 Å². The van der Waals surface area contributed by atoms with Gasteiger partial charge in [0.15, 0.2) is 0 Å². The molecule has 14 nitrogen and oxygen atoms in total. The minimum absolute atomic E-state index is 0.0616. The van der Waals surface area contributed by atoms with Crippen molar-refractivity contribution in [3.8, 4) is 11.5 Å². The van der Waals surface area contributed by atoms with E-state index in [0.29, 0.717) is 61.3 Å². The second-order valence-electron chi connectivity index (χ2n) is 10.5. The molecule has 16 heteroatoms. The van der Waals surface area contributed by atoms with E-state index in [2.05, 4.69) is 31.3 Å². The zero-order valence-electron chi connectivity index (χ0n) is 24.6. The van der Waals surface area contributed by atoms with Crippen LogP contribution in [0, 0.1) is 0 Å². The van der Waals surface area contributed by atoms with Crippen molar-refractivity contribution in [1.82, 2.24) is 20.3 Å². The highest BCUT2D eigenvalue weighted by atomic mass is 79.9. The summed E-state index contributed by atoms with van der Waals surface area (Å²) in [5, 5.41) is 14.9. The van der Waals surface area contributed by atoms with Crippen LogP contribution in [-0.4, -0.2) is 95.5 Å². The lowest BCUT2D eigenvalue weighted by Gasteiger charge is -2.33. The number of rotatable bonds is 12. The summed E-state index contributed by atoms with van der Waals surface area (Å²) in [6.07, 6.45) is 1.14. The number of nitrogens with zero attached hydrogens (tertiary/aromatic N) is 1. The summed E-state index contributed by atoms with van der Waals surface area (Å²) < 4.78 is 39.1. The molecule has 2 aliphatic rings. The van der Waals surface area contributed by atoms with Gasteiger partial charge >= 0.3 is 12.0 Å². The topological polar surface area (TPSA) is 196 Å². The number of benzene rings is 2. The lowest BCUT2D eigenvalue weighted by atomic mass is 10.0. The molecule has 2 fully saturated rings. The van der Waals surface area contributed by atoms with Gasteiger partial charge in [-0.2, -0.15) is 0 Å². The van der Waals surface area contributed by atoms with E-state index in [9.17, 15) is 33.4 Å². The fourth-order valence-corrected chi connectivity index (χ4v) is 7.31. The van der Waals surface area contributed by atoms with Crippen LogP contribution < -0.4 is 20.1 Å². The number of phenolic OH excluding ortho intramolecular Hbond substituents is 1. The van der Waals surface area contributed by atoms with Crippen molar-refractivity contribution >= 4 is 50.5 Å². The lowest BCUT2D eigenvalue weighted by Crippen LogP contribution is -2.54. The van der Waals surface area contributed by atoms with Crippen LogP contribution in [0.15, 0.2) is 40.9 Å². The summed E-state index contributed by atoms with van der Waals surface area (Å²) in [6, 6.07) is 8.29. The quantitative estimate of drug-likeness (QED) is 0.141. The molecule has 4 rings (SSSR count). The Labute approximate surface area is 270 Å². The summed E-state index contributed by atoms with van der Waals surface area (Å²) in [5.41, 5.74) is 1.18. The number of ether oxygens (including phenoxy) is 3. The molecular weight excluding hydrogens is 676 g/mol. The number of aromatic hydroxyl groups is 1. The number of halogens is 1. The standard InChI is InChI=1S/C29H37BrN4O10S/c1-42-28(38)26-22(35)5-4-6-23(26)44-12-3-2-9-31-27(37)21(32-29(39)34-10-13-43-14-11-34)16-18-7-8-19(20(30)15-18)24-17-25(36)33-45(24,40)41/h4-8,15,21,24,35,40-41H,2-3,9-14,16-17H2,1H3,(H,31,37)(H,32,39)(H,33,36)/t21-,24?/m0/s1. The van der Waals surface area contributed by atoms with Gasteiger partial charge in [0.1, 0.15) is 28.4 Å². The molecule has 0 aliphatic carbocycles. The number of urea groups is 1. The number of hydrogen-bond donors (Lipinski definition) is 6. The first kappa shape index (κ1) is 34.3. The Morgan fingerprint density at radius 3 is 2.60 bits per heavy atom. The van der Waals surface area contributed by atoms with Gasteiger partial charge < -0.3 is 34.9 Å². The second kappa shape index (κ2) is 15.6. The molecule has 0 bridgehead atoms. The van der Waals surface area contributed by atoms with E-state index in [1.165, 1.54) is 13.2 Å². The Morgan fingerprint density at radius 1 is 1.18 bits per heavy atom. The maximum atomic E-state index is 13.3. The highest BCUT2D eigenvalue weighted by Gasteiger charge is 2.39. The van der Waals surface area contributed by atoms with Crippen LogP contribution in [0.25, 0.3) is 0 Å². The average molecular weight is 714 g/mol. The van der Waals surface area contributed by atoms with E-state index < -0.39 is 39.9 Å². The predicted octanol–water partition coefficient (Wildman–Crippen LogP) is 3.10. The van der Waals surface area contributed by atoms with Crippen LogP contribution in [0.2, 0.25) is 0 Å². The van der Waals surface area contributed by atoms with E-state index in [-0.39, 0.29) is 42.5 Å². The van der Waals surface area contributed by atoms with E-state index in [4.69, 9.17) is 14.2 Å². The summed E-state index contributed by atoms with van der Waals surface area (Å²) in [5.74, 6) is -1.62. The molecule has 0 radical (unpaired) electrons. The first-order chi connectivity index (χ1) is 21.5. The molecule has 0 aromatic heterocycles. The first-order valence-corrected chi connectivity index (χ1v) is 16.7. The maximum absolute atomic E-state index is 13.3. The Balaban J connectivity index is 1.36. The fourth-order valence-electron chi connectivity index (χ4n) is 4.95. The summed E-state index contributed by atoms with van der Waals surface area (Å²) in [4.78, 5) is 51.6. The first-order valence-electron chi connectivity index (χ1n) is 14.3. The monoisotopic (exact) mass is 712 g/mol. The van der Waals surface area contributed by atoms with Gasteiger partial charge in [0.25, 0.3) is 0 Å². The number of carbonyl (C=O) groups is 4. The molecule has 1 unspecified atom stereocenters. The van der Waals surface area contributed by atoms with Crippen LogP contribution in [0.3, 0.4) is 0 Å². The number of nitrogens with one attached hydrogen (secondary N) is 3. The van der Waals surface area contributed by atoms with Gasteiger partial charge in [-0.15, -0.1) is 10.8 Å². The molecule has 2 saturated heterocycles. The van der Waals surface area contributed by atoms with E-state index in [0.717, 1.165) is 0 Å². The molecule has 45 heavy (non-hydrogen) atoms. The maximum Gasteiger partial charge on any atom is 0.345 e. The zero-order valence-corrected chi connectivity index (χ0v) is 27.0. The molecular formula is C29H37BrN4O10S. The molecule has 2 atom stereocenters. The van der Waals surface area contributed by atoms with Gasteiger partial charge in [-0.1, -0.05) is 34.1 Å². The fraction of sp³-hybridized carbons (Fsp3) is 0.448. The Morgan fingerprint density at radius 2 is 1.93 bits per heavy atom. The third-order valence-electron chi connectivity index (χ3n) is 7.32. The minimum Gasteiger partial charge on any atom is -0.507 e. The van der Waals surface area contributed by atoms with Crippen LogP contribution in [-0.2, 0) is 25.5 Å². The molecule has 2 heterocycles. The molecule has 0 spiro atoms. The average Bonchev–Trinajstić information content (AvgIpc) is 3.29. The van der Waals surface area contributed by atoms with Gasteiger partial charge in [-0.05, 0) is 42.2 Å². The largest absolute Gasteiger partial charge is 0.507 e. The lowest BCUT2D eigenvalue weighted by molar-refractivity contribution is -0.123. The van der Waals surface area contributed by atoms with Crippen LogP contribution in [0.4, 0.5) is 4.79 Å². The van der Waals surface area contributed by atoms with Crippen molar-refractivity contribution in [3.63, 3.8) is 0 Å². The second-order valence-corrected chi connectivity index (χ2v) is 13.3. The van der Waals surface area contributed by atoms with Crippen LogP contribution in [0.5, 0.6) is 11.5 Å². The molecule has 0 saturated carbocycles. The number of phenols is 1. The molecule has 4 amide bonds. The number of methoxy groups -OCH3 is 1. The van der Waals surface area contributed by atoms with Gasteiger partial charge in [-0.3, -0.25) is 23.4 Å². The number of hydrogen-bond acceptors (Lipinski definition) is 10. The number of carbonyl (C=O) groups excluding carboxylic acids is 4. The molecule has 2 aromatic carbocycles. The SMILES string of the molecule is COC(=O)c1c(O)cccc1OCCCCNC(=O)[C@H](Cc1ccc(C2CC(=O)NS2(O)O)c(Br)c1)NC(=O)N1CCOCC1. The van der Waals surface area contributed by atoms with E-state index >= 15 is 0 Å². The van der Waals surface area contributed by atoms with E-state index in [1.54, 1.807) is 35.2 Å². The highest BCUT2D eigenvalue weighted by Crippen LogP contribution is 2.57. The van der Waals surface area contributed by atoms with Gasteiger partial charge in [-0.25, -0.2) is 9.59 Å². The van der Waals surface area contributed by atoms with Crippen molar-refractivity contribution in [3.05, 3.63) is 57.6 Å². The number of amides is 4. The minimum atomic E-state index is -3.34. The van der Waals surface area contributed by atoms with Crippen molar-refractivity contribution in [2.75, 3.05) is 46.6 Å². The number of unbranched alkanes of at least 4 members (excludes halogenated alkanes) is 1. The summed E-state index contributed by atoms with van der Waals surface area (Å²) >= 11 is 3.46. The summed E-state index contributed by atoms with van der Waals surface area (Å²) in [6.45, 7) is 2.12. The van der Waals surface area contributed by atoms with E-state index in [1.807, 2.05) is 0 Å². The number of morpholine rings is 1. The molecule has 6 N–H and O–H groups in total. The van der Waals surface area contributed by atoms with Crippen LogP contribution >= 0.6 is 26.7 Å². The third kappa shape index (κ3) is 9.00. The highest BCUT2D eigenvalue weighted by molar-refractivity contribution is 9.10.